The predicted octanol–water partition coefficient (Wildman–Crippen LogP) is 6.55. The summed E-state index contributed by atoms with van der Waals surface area (Å²) < 4.78 is 4.98. The molecule has 0 aliphatic carbocycles. The van der Waals surface area contributed by atoms with Crippen LogP contribution in [0.2, 0.25) is 0 Å². The maximum absolute atomic E-state index is 12.0. The van der Waals surface area contributed by atoms with Crippen LogP contribution in [0, 0.1) is 0 Å². The molecule has 0 unspecified atom stereocenters. The zero-order valence-electron chi connectivity index (χ0n) is 20.8. The minimum absolute atomic E-state index is 0.286. The first-order valence-electron chi connectivity index (χ1n) is 13.2. The highest BCUT2D eigenvalue weighted by molar-refractivity contribution is 5.87. The topological polar surface area (TPSA) is 92.7 Å². The monoisotopic (exact) mass is 455 g/mol. The van der Waals surface area contributed by atoms with Crippen molar-refractivity contribution in [1.82, 2.24) is 5.32 Å². The van der Waals surface area contributed by atoms with Gasteiger partial charge < -0.3 is 15.2 Å². The molecule has 188 valence electrons. The van der Waals surface area contributed by atoms with Crippen molar-refractivity contribution >= 4 is 17.8 Å². The number of unbranched alkanes of at least 4 members (excludes halogenated alkanes) is 15. The van der Waals surface area contributed by atoms with Gasteiger partial charge in [0.15, 0.2) is 0 Å². The molecule has 0 radical (unpaired) electrons. The number of carboxylic acids is 1. The molecule has 0 aromatic rings. The number of esters is 1. The molecule has 1 amide bonds. The molecule has 32 heavy (non-hydrogen) atoms. The quantitative estimate of drug-likeness (QED) is 0.135. The Balaban J connectivity index is 3.60. The van der Waals surface area contributed by atoms with Crippen LogP contribution in [0.25, 0.3) is 0 Å². The number of hydrogen-bond donors (Lipinski definition) is 2. The van der Waals surface area contributed by atoms with Gasteiger partial charge >= 0.3 is 11.9 Å². The summed E-state index contributed by atoms with van der Waals surface area (Å²) in [6.45, 7) is 4.52. The highest BCUT2D eigenvalue weighted by Crippen LogP contribution is 2.13. The number of ether oxygens (including phenoxy) is 1. The third kappa shape index (κ3) is 20.3. The van der Waals surface area contributed by atoms with Crippen LogP contribution in [0.4, 0.5) is 0 Å². The largest absolute Gasteiger partial charge is 0.480 e. The molecule has 6 nitrogen and oxygen atoms in total. The lowest BCUT2D eigenvalue weighted by Gasteiger charge is -2.14. The van der Waals surface area contributed by atoms with Crippen LogP contribution in [0.3, 0.4) is 0 Å². The Bertz CT molecular complexity index is 481. The zero-order valence-corrected chi connectivity index (χ0v) is 20.8. The van der Waals surface area contributed by atoms with Gasteiger partial charge in [-0.25, -0.2) is 4.79 Å². The van der Waals surface area contributed by atoms with Gasteiger partial charge in [-0.05, 0) is 12.8 Å². The lowest BCUT2D eigenvalue weighted by Crippen LogP contribution is -2.42. The van der Waals surface area contributed by atoms with E-state index in [0.717, 1.165) is 32.1 Å². The summed E-state index contributed by atoms with van der Waals surface area (Å²) in [5.41, 5.74) is 0. The first-order chi connectivity index (χ1) is 15.5. The molecule has 1 atom stereocenters. The van der Waals surface area contributed by atoms with Gasteiger partial charge in [-0.3, -0.25) is 9.59 Å². The molecule has 0 heterocycles. The van der Waals surface area contributed by atoms with Gasteiger partial charge in [-0.15, -0.1) is 0 Å². The molecule has 0 rings (SSSR count). The van der Waals surface area contributed by atoms with Crippen LogP contribution < -0.4 is 5.32 Å². The first kappa shape index (κ1) is 30.4. The van der Waals surface area contributed by atoms with Crippen molar-refractivity contribution in [2.45, 2.75) is 142 Å². The Morgan fingerprint density at radius 3 is 1.56 bits per heavy atom. The number of aliphatic carboxylic acids is 1. The van der Waals surface area contributed by atoms with Gasteiger partial charge in [-0.1, -0.05) is 110 Å². The fourth-order valence-electron chi connectivity index (χ4n) is 3.68. The van der Waals surface area contributed by atoms with E-state index >= 15 is 0 Å². The Hall–Kier alpha value is -1.59. The third-order valence-corrected chi connectivity index (χ3v) is 5.77. The summed E-state index contributed by atoms with van der Waals surface area (Å²) in [6, 6.07) is -1.21. The molecular weight excluding hydrogens is 406 g/mol. The molecule has 0 bridgehead atoms. The molecule has 0 aliphatic heterocycles. The summed E-state index contributed by atoms with van der Waals surface area (Å²) in [7, 11) is 0. The average Bonchev–Trinajstić information content (AvgIpc) is 2.76. The lowest BCUT2D eigenvalue weighted by atomic mass is 10.0. The molecule has 0 saturated heterocycles. The number of carboxylic acid groups (broad SMARTS) is 1. The van der Waals surface area contributed by atoms with Crippen molar-refractivity contribution in [2.75, 3.05) is 6.61 Å². The van der Waals surface area contributed by atoms with E-state index in [-0.39, 0.29) is 18.9 Å². The van der Waals surface area contributed by atoms with E-state index in [1.807, 2.05) is 6.92 Å². The van der Waals surface area contributed by atoms with Crippen molar-refractivity contribution in [3.63, 3.8) is 0 Å². The fourth-order valence-corrected chi connectivity index (χ4v) is 3.68. The summed E-state index contributed by atoms with van der Waals surface area (Å²) in [5, 5.41) is 11.7. The molecule has 0 aromatic carbocycles. The van der Waals surface area contributed by atoms with Gasteiger partial charge in [-0.2, -0.15) is 0 Å². The second kappa shape index (κ2) is 22.6. The van der Waals surface area contributed by atoms with Crippen molar-refractivity contribution in [2.24, 2.45) is 0 Å². The van der Waals surface area contributed by atoms with Gasteiger partial charge in [0, 0.05) is 6.42 Å². The fraction of sp³-hybridized carbons (Fsp3) is 0.885. The average molecular weight is 456 g/mol. The predicted molar refractivity (Wildman–Crippen MR) is 130 cm³/mol. The van der Waals surface area contributed by atoms with Crippen molar-refractivity contribution in [1.29, 1.82) is 0 Å². The van der Waals surface area contributed by atoms with Gasteiger partial charge in [0.1, 0.15) is 6.04 Å². The molecule has 6 heteroatoms. The highest BCUT2D eigenvalue weighted by atomic mass is 16.5. The van der Waals surface area contributed by atoms with E-state index in [0.29, 0.717) is 6.42 Å². The molecule has 0 fully saturated rings. The molecule has 0 spiro atoms. The Morgan fingerprint density at radius 2 is 1.12 bits per heavy atom. The molecule has 0 saturated carbocycles. The zero-order chi connectivity index (χ0) is 23.9. The molecular formula is C26H49NO5. The van der Waals surface area contributed by atoms with E-state index in [9.17, 15) is 19.5 Å². The van der Waals surface area contributed by atoms with Crippen molar-refractivity contribution in [3.05, 3.63) is 0 Å². The standard InChI is InChI=1S/C26H49NO5/c1-3-5-7-8-9-10-11-12-13-14-15-16-17-18-19-20-24(28)27-23(26(30)31)22-25(29)32-21-6-4-2/h23H,3-22H2,1-2H3,(H,27,28)(H,30,31)/t23-/m0/s1. The lowest BCUT2D eigenvalue weighted by molar-refractivity contribution is -0.150. The molecule has 0 aliphatic rings. The van der Waals surface area contributed by atoms with E-state index < -0.39 is 18.0 Å². The number of hydrogen-bond acceptors (Lipinski definition) is 4. The van der Waals surface area contributed by atoms with E-state index in [1.165, 1.54) is 77.0 Å². The van der Waals surface area contributed by atoms with Crippen LogP contribution in [-0.2, 0) is 19.1 Å². The SMILES string of the molecule is CCCCCCCCCCCCCCCCCC(=O)N[C@@H](CC(=O)OCCCC)C(=O)O. The molecule has 2 N–H and O–H groups in total. The summed E-state index contributed by atoms with van der Waals surface area (Å²) in [6.07, 6.45) is 20.5. The number of rotatable bonds is 23. The minimum atomic E-state index is -1.21. The Kier molecular flexibility index (Phi) is 21.5. The summed E-state index contributed by atoms with van der Waals surface area (Å²) >= 11 is 0. The van der Waals surface area contributed by atoms with E-state index in [1.54, 1.807) is 0 Å². The van der Waals surface area contributed by atoms with Crippen LogP contribution in [0.5, 0.6) is 0 Å². The third-order valence-electron chi connectivity index (χ3n) is 5.77. The Labute approximate surface area is 196 Å². The van der Waals surface area contributed by atoms with Crippen LogP contribution in [-0.4, -0.2) is 35.6 Å². The smallest absolute Gasteiger partial charge is 0.326 e. The van der Waals surface area contributed by atoms with E-state index in [2.05, 4.69) is 12.2 Å². The van der Waals surface area contributed by atoms with E-state index in [4.69, 9.17) is 4.74 Å². The summed E-state index contributed by atoms with van der Waals surface area (Å²) in [4.78, 5) is 35.0. The maximum Gasteiger partial charge on any atom is 0.326 e. The second-order valence-corrected chi connectivity index (χ2v) is 8.94. The summed E-state index contributed by atoms with van der Waals surface area (Å²) in [5.74, 6) is -2.10. The molecule has 0 aromatic heterocycles. The highest BCUT2D eigenvalue weighted by Gasteiger charge is 2.23. The van der Waals surface area contributed by atoms with Crippen molar-refractivity contribution < 1.29 is 24.2 Å². The first-order valence-corrected chi connectivity index (χ1v) is 13.2. The number of amides is 1. The second-order valence-electron chi connectivity index (χ2n) is 8.94. The number of carbonyl (C=O) groups excluding carboxylic acids is 2. The number of nitrogens with one attached hydrogen (secondary N) is 1. The van der Waals surface area contributed by atoms with Gasteiger partial charge in [0.2, 0.25) is 5.91 Å². The van der Waals surface area contributed by atoms with Crippen molar-refractivity contribution in [3.8, 4) is 0 Å². The Morgan fingerprint density at radius 1 is 0.688 bits per heavy atom. The normalized spacial score (nSPS) is 11.8. The maximum atomic E-state index is 12.0. The minimum Gasteiger partial charge on any atom is -0.480 e. The van der Waals surface area contributed by atoms with Gasteiger partial charge in [0.05, 0.1) is 13.0 Å². The number of carbonyl (C=O) groups is 3. The van der Waals surface area contributed by atoms with Crippen LogP contribution >= 0.6 is 0 Å². The van der Waals surface area contributed by atoms with Gasteiger partial charge in [0.25, 0.3) is 0 Å². The van der Waals surface area contributed by atoms with Crippen LogP contribution in [0.1, 0.15) is 136 Å². The van der Waals surface area contributed by atoms with Crippen LogP contribution in [0.15, 0.2) is 0 Å².